The summed E-state index contributed by atoms with van der Waals surface area (Å²) in [4.78, 5) is 4.90. The van der Waals surface area contributed by atoms with Crippen molar-refractivity contribution in [2.24, 2.45) is 5.41 Å². The van der Waals surface area contributed by atoms with Crippen LogP contribution in [0.2, 0.25) is 0 Å². The summed E-state index contributed by atoms with van der Waals surface area (Å²) in [5.41, 5.74) is 18.5. The molecule has 0 N–H and O–H groups in total. The number of nitrogens with zero attached hydrogens (tertiary/aromatic N) is 4. The van der Waals surface area contributed by atoms with Crippen LogP contribution < -0.4 is 9.30 Å². The van der Waals surface area contributed by atoms with E-state index in [4.69, 9.17) is 9.72 Å². The van der Waals surface area contributed by atoms with Crippen molar-refractivity contribution in [3.63, 3.8) is 0 Å². The van der Waals surface area contributed by atoms with Crippen LogP contribution in [-0.2, 0) is 32.9 Å². The first-order chi connectivity index (χ1) is 39.7. The van der Waals surface area contributed by atoms with Gasteiger partial charge in [0.05, 0.1) is 16.7 Å². The van der Waals surface area contributed by atoms with E-state index in [9.17, 15) is 2.74 Å². The van der Waals surface area contributed by atoms with Crippen molar-refractivity contribution in [1.29, 1.82) is 0 Å². The predicted molar refractivity (Wildman–Crippen MR) is 328 cm³/mol. The second-order valence-electron chi connectivity index (χ2n) is 22.9. The zero-order valence-electron chi connectivity index (χ0n) is 48.0. The molecule has 13 aromatic rings. The SMILES string of the molecule is [2H]C([2H])(c1cccc2c1-c1cccc(-c3cc(-c4ccccc4)cc(-c4ccccc4)c3)c1-[n+]1[c-]n(-c3[c-]c(Oc4[c-]c5c(cc4)c4ccccc4n5-c4cc(C(C)(C)C)ccn4)ccc3)c3cccc(c31)-c1ccccc1-2)C(C)(C)C.[Pt]. The minimum absolute atomic E-state index is 0. The van der Waals surface area contributed by atoms with E-state index in [0.717, 1.165) is 117 Å². The maximum Gasteiger partial charge on any atom is 0.268 e. The van der Waals surface area contributed by atoms with Gasteiger partial charge in [0.1, 0.15) is 5.82 Å². The minimum atomic E-state index is -1.76. The standard InChI is InChI=1S/C75H58N4O.Pt/c1-74(2,3)47-51-25-17-32-64-60-28-13-14-29-61(60)65-33-20-36-68-73(65)78(72-59(31-19-34-66(72)71(51)64)54-42-52(49-21-9-7-10-22-49)41-53(43-54)50-23-11-8-12-24-50)48-77(68)56-26-18-27-57(45-56)80-58-37-38-63-62-30-15-16-35-67(62)79(69(63)46-58)70-44-55(39-40-76-70)75(4,5)6;/h7-44H,47H2,1-6H3;/q-2;/i47D2;. The van der Waals surface area contributed by atoms with Gasteiger partial charge >= 0.3 is 0 Å². The Balaban J connectivity index is 0.00000645. The van der Waals surface area contributed by atoms with Crippen molar-refractivity contribution in [2.45, 2.75) is 53.3 Å². The van der Waals surface area contributed by atoms with Gasteiger partial charge in [0.25, 0.3) is 6.33 Å². The third-order valence-corrected chi connectivity index (χ3v) is 15.4. The average molecular weight is 1230 g/mol. The van der Waals surface area contributed by atoms with E-state index in [1.54, 1.807) is 0 Å². The van der Waals surface area contributed by atoms with Gasteiger partial charge in [-0.1, -0.05) is 205 Å². The summed E-state index contributed by atoms with van der Waals surface area (Å²) in [6.07, 6.45) is 4.09. The van der Waals surface area contributed by atoms with Crippen LogP contribution in [-0.4, -0.2) is 14.1 Å². The number of aromatic nitrogens is 4. The van der Waals surface area contributed by atoms with Gasteiger partial charge in [0.15, 0.2) is 0 Å². The minimum Gasteiger partial charge on any atom is -0.510 e. The summed E-state index contributed by atoms with van der Waals surface area (Å²) in [7, 11) is 0. The number of para-hydroxylation sites is 3. The van der Waals surface area contributed by atoms with Gasteiger partial charge in [-0.25, -0.2) is 4.98 Å². The molecule has 0 aliphatic carbocycles. The first-order valence-electron chi connectivity index (χ1n) is 28.4. The van der Waals surface area contributed by atoms with Crippen molar-refractivity contribution in [3.05, 3.63) is 260 Å². The summed E-state index contributed by atoms with van der Waals surface area (Å²) in [6.45, 7) is 12.6. The quantitative estimate of drug-likeness (QED) is 0.112. The van der Waals surface area contributed by atoms with Crippen molar-refractivity contribution in [2.75, 3.05) is 0 Å². The first kappa shape index (κ1) is 49.2. The van der Waals surface area contributed by atoms with Crippen LogP contribution in [0.15, 0.2) is 231 Å². The Labute approximate surface area is 491 Å². The fourth-order valence-electron chi connectivity index (χ4n) is 11.8. The number of ether oxygens (including phenoxy) is 1. The Kier molecular flexibility index (Phi) is 12.3. The Morgan fingerprint density at radius 3 is 1.84 bits per heavy atom. The average Bonchev–Trinajstić information content (AvgIpc) is 2.96. The van der Waals surface area contributed by atoms with Gasteiger partial charge in [0, 0.05) is 47.0 Å². The molecular weight excluding hydrogens is 1170 g/mol. The summed E-state index contributed by atoms with van der Waals surface area (Å²) < 4.78 is 33.4. The van der Waals surface area contributed by atoms with Gasteiger partial charge in [-0.05, 0) is 143 Å². The number of hydrogen-bond donors (Lipinski definition) is 0. The second kappa shape index (κ2) is 20.3. The van der Waals surface area contributed by atoms with E-state index < -0.39 is 11.8 Å². The van der Waals surface area contributed by atoms with Crippen molar-refractivity contribution < 1.29 is 33.1 Å². The Morgan fingerprint density at radius 2 is 1.10 bits per heavy atom. The molecule has 6 heteroatoms. The second-order valence-corrected chi connectivity index (χ2v) is 22.9. The molecule has 0 fully saturated rings. The smallest absolute Gasteiger partial charge is 0.268 e. The van der Waals surface area contributed by atoms with Crippen LogP contribution in [0.4, 0.5) is 0 Å². The van der Waals surface area contributed by atoms with E-state index in [0.29, 0.717) is 17.1 Å². The fourth-order valence-corrected chi connectivity index (χ4v) is 11.8. The van der Waals surface area contributed by atoms with Gasteiger partial charge in [0.2, 0.25) is 0 Å². The Hall–Kier alpha value is -8.89. The zero-order valence-corrected chi connectivity index (χ0v) is 48.2. The number of pyridine rings is 1. The molecule has 3 aromatic heterocycles. The topological polar surface area (TPSA) is 35.9 Å². The summed E-state index contributed by atoms with van der Waals surface area (Å²) in [6, 6.07) is 85.8. The van der Waals surface area contributed by atoms with Crippen LogP contribution >= 0.6 is 0 Å². The molecule has 4 heterocycles. The summed E-state index contributed by atoms with van der Waals surface area (Å²) in [5, 5.41) is 2.17. The van der Waals surface area contributed by atoms with Crippen molar-refractivity contribution >= 4 is 32.8 Å². The van der Waals surface area contributed by atoms with Crippen molar-refractivity contribution in [1.82, 2.24) is 14.1 Å². The van der Waals surface area contributed by atoms with E-state index in [2.05, 4.69) is 241 Å². The number of fused-ring (bicyclic) bond motifs is 10. The third kappa shape index (κ3) is 9.30. The molecule has 0 radical (unpaired) electrons. The molecule has 0 amide bonds. The van der Waals surface area contributed by atoms with Crippen LogP contribution in [0.5, 0.6) is 11.5 Å². The van der Waals surface area contributed by atoms with E-state index in [-0.39, 0.29) is 26.5 Å². The normalized spacial score (nSPS) is 12.6. The molecule has 5 nitrogen and oxygen atoms in total. The predicted octanol–water partition coefficient (Wildman–Crippen LogP) is 18.8. The molecule has 396 valence electrons. The largest absolute Gasteiger partial charge is 0.510 e. The zero-order chi connectivity index (χ0) is 56.1. The molecule has 0 saturated carbocycles. The molecule has 0 bridgehead atoms. The van der Waals surface area contributed by atoms with Crippen LogP contribution in [0, 0.1) is 23.9 Å². The molecule has 81 heavy (non-hydrogen) atoms. The van der Waals surface area contributed by atoms with Crippen LogP contribution in [0.25, 0.3) is 117 Å². The number of imidazole rings is 1. The van der Waals surface area contributed by atoms with E-state index in [1.165, 1.54) is 5.56 Å². The van der Waals surface area contributed by atoms with Crippen molar-refractivity contribution in [3.8, 4) is 95.5 Å². The fraction of sp³-hybridized carbons (Fsp3) is 0.120. The Morgan fingerprint density at radius 1 is 0.506 bits per heavy atom. The number of rotatable bonds is 8. The molecule has 10 aromatic carbocycles. The molecule has 0 saturated heterocycles. The van der Waals surface area contributed by atoms with Crippen LogP contribution in [0.1, 0.15) is 55.4 Å². The number of hydrogen-bond acceptors (Lipinski definition) is 2. The van der Waals surface area contributed by atoms with Gasteiger partial charge < -0.3 is 13.9 Å². The molecule has 0 unspecified atom stereocenters. The molecule has 14 rings (SSSR count). The maximum atomic E-state index is 10.1. The molecular formula is C75H58N4OPt-2. The summed E-state index contributed by atoms with van der Waals surface area (Å²) >= 11 is 0. The number of benzene rings is 10. The molecule has 1 aliphatic heterocycles. The van der Waals surface area contributed by atoms with Gasteiger partial charge in [-0.15, -0.1) is 29.7 Å². The third-order valence-electron chi connectivity index (χ3n) is 15.4. The van der Waals surface area contributed by atoms with Gasteiger partial charge in [-0.3, -0.25) is 4.57 Å². The Bertz CT molecular complexity index is 4600. The summed E-state index contributed by atoms with van der Waals surface area (Å²) in [5.74, 6) is 1.89. The molecule has 1 aliphatic rings. The van der Waals surface area contributed by atoms with E-state index in [1.807, 2.05) is 63.4 Å². The monoisotopic (exact) mass is 1230 g/mol. The van der Waals surface area contributed by atoms with Gasteiger partial charge in [-0.2, -0.15) is 18.2 Å². The first-order valence-corrected chi connectivity index (χ1v) is 27.4. The van der Waals surface area contributed by atoms with Crippen LogP contribution in [0.3, 0.4) is 0 Å². The molecule has 0 atom stereocenters. The molecule has 0 spiro atoms. The maximum absolute atomic E-state index is 10.1. The van der Waals surface area contributed by atoms with E-state index >= 15 is 0 Å².